The van der Waals surface area contributed by atoms with Crippen molar-refractivity contribution in [2.75, 3.05) is 14.2 Å². The van der Waals surface area contributed by atoms with E-state index in [1.54, 1.807) is 7.11 Å². The second-order valence-corrected chi connectivity index (χ2v) is 4.05. The minimum absolute atomic E-state index is 0.334. The molecule has 0 aromatic heterocycles. The number of hydrogen-bond acceptors (Lipinski definition) is 3. The minimum Gasteiger partial charge on any atom is -0.496 e. The molecule has 0 aliphatic heterocycles. The van der Waals surface area contributed by atoms with E-state index in [4.69, 9.17) is 4.74 Å². The molecule has 15 heavy (non-hydrogen) atoms. The van der Waals surface area contributed by atoms with Crippen LogP contribution in [-0.2, 0) is 9.53 Å². The number of halogens is 1. The zero-order valence-corrected chi connectivity index (χ0v) is 10.5. The highest BCUT2D eigenvalue weighted by molar-refractivity contribution is 9.09. The molecule has 0 aliphatic rings. The predicted octanol–water partition coefficient (Wildman–Crippen LogP) is 2.61. The van der Waals surface area contributed by atoms with Gasteiger partial charge in [-0.2, -0.15) is 0 Å². The van der Waals surface area contributed by atoms with Gasteiger partial charge in [0.25, 0.3) is 0 Å². The lowest BCUT2D eigenvalue weighted by molar-refractivity contribution is -0.139. The first-order valence-electron chi connectivity index (χ1n) is 4.46. The molecule has 0 spiro atoms. The van der Waals surface area contributed by atoms with Crippen LogP contribution >= 0.6 is 15.9 Å². The molecule has 4 heteroatoms. The Morgan fingerprint density at radius 2 is 2.07 bits per heavy atom. The van der Waals surface area contributed by atoms with Gasteiger partial charge in [-0.25, -0.2) is 0 Å². The fraction of sp³-hybridized carbons (Fsp3) is 0.364. The van der Waals surface area contributed by atoms with Crippen molar-refractivity contribution < 1.29 is 14.3 Å². The van der Waals surface area contributed by atoms with Gasteiger partial charge in [-0.15, -0.1) is 0 Å². The van der Waals surface area contributed by atoms with E-state index in [1.165, 1.54) is 7.11 Å². The number of alkyl halides is 1. The number of aryl methyl sites for hydroxylation is 1. The van der Waals surface area contributed by atoms with Crippen LogP contribution in [0.4, 0.5) is 0 Å². The molecule has 0 heterocycles. The van der Waals surface area contributed by atoms with Gasteiger partial charge in [-0.05, 0) is 13.0 Å². The second kappa shape index (κ2) is 5.16. The molecule has 0 fully saturated rings. The van der Waals surface area contributed by atoms with Crippen LogP contribution in [0.25, 0.3) is 0 Å². The van der Waals surface area contributed by atoms with E-state index >= 15 is 0 Å². The third kappa shape index (κ3) is 2.72. The average molecular weight is 273 g/mol. The summed E-state index contributed by atoms with van der Waals surface area (Å²) < 4.78 is 9.84. The van der Waals surface area contributed by atoms with Crippen molar-refractivity contribution in [2.45, 2.75) is 11.8 Å². The normalized spacial score (nSPS) is 12.0. The van der Waals surface area contributed by atoms with Gasteiger partial charge in [0.2, 0.25) is 0 Å². The Balaban J connectivity index is 3.10. The van der Waals surface area contributed by atoms with Gasteiger partial charge in [-0.3, -0.25) is 4.79 Å². The smallest absolute Gasteiger partial charge is 0.324 e. The summed E-state index contributed by atoms with van der Waals surface area (Å²) in [6, 6.07) is 5.66. The Bertz CT molecular complexity index is 363. The molecule has 0 aliphatic carbocycles. The molecule has 82 valence electrons. The summed E-state index contributed by atoms with van der Waals surface area (Å²) in [4.78, 5) is 10.9. The monoisotopic (exact) mass is 272 g/mol. The van der Waals surface area contributed by atoms with Gasteiger partial charge < -0.3 is 9.47 Å². The zero-order valence-electron chi connectivity index (χ0n) is 8.91. The van der Waals surface area contributed by atoms with E-state index in [-0.39, 0.29) is 5.97 Å². The van der Waals surface area contributed by atoms with Gasteiger partial charge in [0, 0.05) is 5.56 Å². The number of benzene rings is 1. The molecule has 1 aromatic rings. The highest BCUT2D eigenvalue weighted by atomic mass is 79.9. The molecule has 0 amide bonds. The minimum atomic E-state index is -0.489. The third-order valence-corrected chi connectivity index (χ3v) is 2.93. The molecule has 1 atom stereocenters. The van der Waals surface area contributed by atoms with Crippen LogP contribution in [0.5, 0.6) is 5.75 Å². The van der Waals surface area contributed by atoms with Gasteiger partial charge >= 0.3 is 5.97 Å². The van der Waals surface area contributed by atoms with E-state index in [2.05, 4.69) is 20.7 Å². The van der Waals surface area contributed by atoms with Crippen molar-refractivity contribution in [1.29, 1.82) is 0 Å². The number of esters is 1. The van der Waals surface area contributed by atoms with Crippen molar-refractivity contribution in [3.63, 3.8) is 0 Å². The van der Waals surface area contributed by atoms with E-state index in [0.29, 0.717) is 5.75 Å². The van der Waals surface area contributed by atoms with E-state index in [9.17, 15) is 4.79 Å². The van der Waals surface area contributed by atoms with Crippen molar-refractivity contribution in [2.24, 2.45) is 0 Å². The van der Waals surface area contributed by atoms with Crippen LogP contribution in [0.2, 0.25) is 0 Å². The SMILES string of the molecule is COC(=O)C(Br)c1cc(C)ccc1OC. The summed E-state index contributed by atoms with van der Waals surface area (Å²) in [5.74, 6) is 0.340. The number of ether oxygens (including phenoxy) is 2. The van der Waals surface area contributed by atoms with Gasteiger partial charge in [0.05, 0.1) is 14.2 Å². The maximum absolute atomic E-state index is 11.4. The molecule has 0 saturated carbocycles. The highest BCUT2D eigenvalue weighted by Gasteiger charge is 2.21. The van der Waals surface area contributed by atoms with Crippen LogP contribution in [0, 0.1) is 6.92 Å². The largest absolute Gasteiger partial charge is 0.496 e. The second-order valence-electron chi connectivity index (χ2n) is 3.13. The number of carbonyl (C=O) groups excluding carboxylic acids is 1. The summed E-state index contributed by atoms with van der Waals surface area (Å²) >= 11 is 3.28. The molecule has 0 radical (unpaired) electrons. The van der Waals surface area contributed by atoms with Crippen LogP contribution < -0.4 is 4.74 Å². The maximum Gasteiger partial charge on any atom is 0.324 e. The Kier molecular flexibility index (Phi) is 4.15. The summed E-state index contributed by atoms with van der Waals surface area (Å²) in [6.45, 7) is 1.96. The van der Waals surface area contributed by atoms with Crippen LogP contribution in [-0.4, -0.2) is 20.2 Å². The molecule has 1 rings (SSSR count). The first-order valence-corrected chi connectivity index (χ1v) is 5.38. The fourth-order valence-corrected chi connectivity index (χ4v) is 1.83. The zero-order chi connectivity index (χ0) is 11.4. The third-order valence-electron chi connectivity index (χ3n) is 2.07. The Morgan fingerprint density at radius 1 is 1.40 bits per heavy atom. The Labute approximate surface area is 97.5 Å². The molecule has 1 aromatic carbocycles. The topological polar surface area (TPSA) is 35.5 Å². The lowest BCUT2D eigenvalue weighted by Gasteiger charge is -2.13. The summed E-state index contributed by atoms with van der Waals surface area (Å²) in [7, 11) is 2.93. The lowest BCUT2D eigenvalue weighted by atomic mass is 10.1. The maximum atomic E-state index is 11.4. The Morgan fingerprint density at radius 3 is 2.60 bits per heavy atom. The first-order chi connectivity index (χ1) is 7.10. The molecule has 0 N–H and O–H groups in total. The van der Waals surface area contributed by atoms with Crippen LogP contribution in [0.15, 0.2) is 18.2 Å². The highest BCUT2D eigenvalue weighted by Crippen LogP contribution is 2.32. The van der Waals surface area contributed by atoms with Gasteiger partial charge in [0.15, 0.2) is 0 Å². The van der Waals surface area contributed by atoms with Gasteiger partial charge in [0.1, 0.15) is 10.6 Å². The van der Waals surface area contributed by atoms with Crippen molar-refractivity contribution in [3.05, 3.63) is 29.3 Å². The van der Waals surface area contributed by atoms with Crippen molar-refractivity contribution in [3.8, 4) is 5.75 Å². The molecular formula is C11H13BrO3. The summed E-state index contributed by atoms with van der Waals surface area (Å²) in [6.07, 6.45) is 0. The van der Waals surface area contributed by atoms with Gasteiger partial charge in [-0.1, -0.05) is 33.6 Å². The predicted molar refractivity (Wildman–Crippen MR) is 61.4 cm³/mol. The summed E-state index contributed by atoms with van der Waals surface area (Å²) in [5.41, 5.74) is 1.85. The molecule has 1 unspecified atom stereocenters. The number of rotatable bonds is 3. The number of methoxy groups -OCH3 is 2. The molecule has 3 nitrogen and oxygen atoms in total. The van der Waals surface area contributed by atoms with E-state index < -0.39 is 4.83 Å². The lowest BCUT2D eigenvalue weighted by Crippen LogP contribution is -2.09. The molecular weight excluding hydrogens is 260 g/mol. The average Bonchev–Trinajstić information content (AvgIpc) is 2.27. The quantitative estimate of drug-likeness (QED) is 0.627. The number of carbonyl (C=O) groups is 1. The van der Waals surface area contributed by atoms with E-state index in [0.717, 1.165) is 11.1 Å². The van der Waals surface area contributed by atoms with Crippen LogP contribution in [0.3, 0.4) is 0 Å². The van der Waals surface area contributed by atoms with E-state index in [1.807, 2.05) is 25.1 Å². The van der Waals surface area contributed by atoms with Crippen molar-refractivity contribution in [1.82, 2.24) is 0 Å². The van der Waals surface area contributed by atoms with Crippen LogP contribution in [0.1, 0.15) is 16.0 Å². The molecule has 0 saturated heterocycles. The standard InChI is InChI=1S/C11H13BrO3/c1-7-4-5-9(14-2)8(6-7)10(12)11(13)15-3/h4-6,10H,1-3H3. The molecule has 0 bridgehead atoms. The number of hydrogen-bond donors (Lipinski definition) is 0. The first kappa shape index (κ1) is 12.0. The summed E-state index contributed by atoms with van der Waals surface area (Å²) in [5, 5.41) is 0. The fourth-order valence-electron chi connectivity index (χ4n) is 1.28. The Hall–Kier alpha value is -1.03. The van der Waals surface area contributed by atoms with Crippen molar-refractivity contribution >= 4 is 21.9 Å².